The van der Waals surface area contributed by atoms with E-state index in [4.69, 9.17) is 9.47 Å². The summed E-state index contributed by atoms with van der Waals surface area (Å²) in [6, 6.07) is 17.4. The maximum absolute atomic E-state index is 12.4. The number of rotatable bonds is 3. The quantitative estimate of drug-likeness (QED) is 0.726. The summed E-state index contributed by atoms with van der Waals surface area (Å²) in [6.45, 7) is 0. The SMILES string of the molecule is COc1ccc(/C=C2/C(=O)Nc3ccccc32)c2c(OC)cccc12. The summed E-state index contributed by atoms with van der Waals surface area (Å²) in [5.41, 5.74) is 3.30. The highest BCUT2D eigenvalue weighted by atomic mass is 16.5. The molecular formula is C21H17NO3. The molecule has 124 valence electrons. The summed E-state index contributed by atoms with van der Waals surface area (Å²) in [5, 5.41) is 4.78. The topological polar surface area (TPSA) is 47.6 Å². The minimum atomic E-state index is -0.0972. The van der Waals surface area contributed by atoms with E-state index in [2.05, 4.69) is 5.32 Å². The molecule has 0 saturated carbocycles. The molecule has 0 unspecified atom stereocenters. The fourth-order valence-corrected chi connectivity index (χ4v) is 3.28. The van der Waals surface area contributed by atoms with Crippen molar-refractivity contribution < 1.29 is 14.3 Å². The lowest BCUT2D eigenvalue weighted by Crippen LogP contribution is -2.03. The molecule has 1 aliphatic rings. The van der Waals surface area contributed by atoms with E-state index in [1.165, 1.54) is 0 Å². The summed E-state index contributed by atoms with van der Waals surface area (Å²) < 4.78 is 11.0. The molecule has 0 aliphatic carbocycles. The van der Waals surface area contributed by atoms with Crippen LogP contribution < -0.4 is 14.8 Å². The van der Waals surface area contributed by atoms with Gasteiger partial charge in [0.2, 0.25) is 0 Å². The molecule has 4 rings (SSSR count). The van der Waals surface area contributed by atoms with Crippen molar-refractivity contribution in [1.29, 1.82) is 0 Å². The van der Waals surface area contributed by atoms with Crippen molar-refractivity contribution in [3.8, 4) is 11.5 Å². The highest BCUT2D eigenvalue weighted by molar-refractivity contribution is 6.35. The van der Waals surface area contributed by atoms with E-state index in [9.17, 15) is 4.79 Å². The predicted octanol–water partition coefficient (Wildman–Crippen LogP) is 4.35. The molecule has 0 aromatic heterocycles. The fraction of sp³-hybridized carbons (Fsp3) is 0.0952. The van der Waals surface area contributed by atoms with Gasteiger partial charge in [0.15, 0.2) is 0 Å². The maximum Gasteiger partial charge on any atom is 0.256 e. The number of hydrogen-bond acceptors (Lipinski definition) is 3. The van der Waals surface area contributed by atoms with Crippen LogP contribution in [0.2, 0.25) is 0 Å². The Labute approximate surface area is 145 Å². The van der Waals surface area contributed by atoms with Gasteiger partial charge < -0.3 is 14.8 Å². The van der Waals surface area contributed by atoms with Crippen LogP contribution in [0, 0.1) is 0 Å². The Morgan fingerprint density at radius 3 is 2.48 bits per heavy atom. The van der Waals surface area contributed by atoms with Crippen molar-refractivity contribution in [3.05, 3.63) is 65.7 Å². The first-order chi connectivity index (χ1) is 12.2. The molecule has 4 heteroatoms. The summed E-state index contributed by atoms with van der Waals surface area (Å²) in [6.07, 6.45) is 1.91. The van der Waals surface area contributed by atoms with E-state index < -0.39 is 0 Å². The molecule has 1 N–H and O–H groups in total. The number of para-hydroxylation sites is 1. The Kier molecular flexibility index (Phi) is 3.65. The van der Waals surface area contributed by atoms with Gasteiger partial charge in [0.1, 0.15) is 11.5 Å². The minimum absolute atomic E-state index is 0.0972. The lowest BCUT2D eigenvalue weighted by atomic mass is 9.98. The second-order valence-electron chi connectivity index (χ2n) is 5.80. The van der Waals surface area contributed by atoms with Gasteiger partial charge in [-0.1, -0.05) is 36.4 Å². The Bertz CT molecular complexity index is 1020. The van der Waals surface area contributed by atoms with Gasteiger partial charge in [-0.15, -0.1) is 0 Å². The molecule has 4 nitrogen and oxygen atoms in total. The number of anilines is 1. The van der Waals surface area contributed by atoms with E-state index in [1.54, 1.807) is 14.2 Å². The van der Waals surface area contributed by atoms with Gasteiger partial charge in [-0.25, -0.2) is 0 Å². The highest BCUT2D eigenvalue weighted by Crippen LogP contribution is 2.38. The number of nitrogens with one attached hydrogen (secondary N) is 1. The first kappa shape index (κ1) is 15.3. The number of ether oxygens (including phenoxy) is 2. The van der Waals surface area contributed by atoms with Gasteiger partial charge in [0.05, 0.1) is 14.2 Å². The van der Waals surface area contributed by atoms with Crippen LogP contribution in [0.5, 0.6) is 11.5 Å². The third-order valence-electron chi connectivity index (χ3n) is 4.44. The molecule has 0 atom stereocenters. The highest BCUT2D eigenvalue weighted by Gasteiger charge is 2.24. The fourth-order valence-electron chi connectivity index (χ4n) is 3.28. The van der Waals surface area contributed by atoms with Crippen molar-refractivity contribution in [2.24, 2.45) is 0 Å². The van der Waals surface area contributed by atoms with Crippen molar-refractivity contribution in [2.45, 2.75) is 0 Å². The summed E-state index contributed by atoms with van der Waals surface area (Å²) in [7, 11) is 3.29. The molecule has 1 aliphatic heterocycles. The normalized spacial score (nSPS) is 14.5. The lowest BCUT2D eigenvalue weighted by molar-refractivity contribution is -0.110. The van der Waals surface area contributed by atoms with Gasteiger partial charge in [-0.2, -0.15) is 0 Å². The van der Waals surface area contributed by atoms with E-state index >= 15 is 0 Å². The van der Waals surface area contributed by atoms with E-state index in [-0.39, 0.29) is 5.91 Å². The standard InChI is InChI=1S/C21H17NO3/c1-24-18-11-10-13(20-15(18)7-5-9-19(20)25-2)12-16-14-6-3-4-8-17(14)22-21(16)23/h3-12H,1-2H3,(H,22,23)/b16-12+. The summed E-state index contributed by atoms with van der Waals surface area (Å²) in [5.74, 6) is 1.42. The molecule has 3 aromatic rings. The zero-order valence-electron chi connectivity index (χ0n) is 14.0. The number of hydrogen-bond donors (Lipinski definition) is 1. The smallest absolute Gasteiger partial charge is 0.256 e. The molecule has 0 fully saturated rings. The largest absolute Gasteiger partial charge is 0.496 e. The van der Waals surface area contributed by atoms with Crippen molar-refractivity contribution in [3.63, 3.8) is 0 Å². The lowest BCUT2D eigenvalue weighted by Gasteiger charge is -2.12. The molecule has 0 saturated heterocycles. The zero-order valence-corrected chi connectivity index (χ0v) is 14.0. The third-order valence-corrected chi connectivity index (χ3v) is 4.44. The molecule has 0 radical (unpaired) electrons. The Morgan fingerprint density at radius 2 is 1.68 bits per heavy atom. The average molecular weight is 331 g/mol. The first-order valence-electron chi connectivity index (χ1n) is 7.99. The third kappa shape index (κ3) is 2.43. The first-order valence-corrected chi connectivity index (χ1v) is 7.99. The van der Waals surface area contributed by atoms with Crippen LogP contribution in [0.4, 0.5) is 5.69 Å². The van der Waals surface area contributed by atoms with Crippen molar-refractivity contribution in [1.82, 2.24) is 0 Å². The van der Waals surface area contributed by atoms with Crippen LogP contribution in [0.1, 0.15) is 11.1 Å². The van der Waals surface area contributed by atoms with E-state index in [0.717, 1.165) is 39.1 Å². The minimum Gasteiger partial charge on any atom is -0.496 e. The number of benzene rings is 3. The Balaban J connectivity index is 1.98. The van der Waals surface area contributed by atoms with Gasteiger partial charge in [-0.05, 0) is 29.8 Å². The number of fused-ring (bicyclic) bond motifs is 2. The van der Waals surface area contributed by atoms with Crippen LogP contribution in [0.25, 0.3) is 22.4 Å². The van der Waals surface area contributed by atoms with Crippen LogP contribution >= 0.6 is 0 Å². The van der Waals surface area contributed by atoms with E-state index in [1.807, 2.05) is 60.7 Å². The van der Waals surface area contributed by atoms with Gasteiger partial charge >= 0.3 is 0 Å². The molecule has 0 bridgehead atoms. The predicted molar refractivity (Wildman–Crippen MR) is 100.0 cm³/mol. The number of carbonyl (C=O) groups is 1. The van der Waals surface area contributed by atoms with E-state index in [0.29, 0.717) is 5.57 Å². The monoisotopic (exact) mass is 331 g/mol. The second kappa shape index (κ2) is 5.98. The Hall–Kier alpha value is -3.27. The second-order valence-corrected chi connectivity index (χ2v) is 5.80. The molecular weight excluding hydrogens is 314 g/mol. The van der Waals surface area contributed by atoms with Crippen molar-refractivity contribution >= 4 is 34.0 Å². The summed E-state index contributed by atoms with van der Waals surface area (Å²) >= 11 is 0. The average Bonchev–Trinajstić information content (AvgIpc) is 2.96. The number of methoxy groups -OCH3 is 2. The van der Waals surface area contributed by atoms with Crippen LogP contribution in [0.3, 0.4) is 0 Å². The van der Waals surface area contributed by atoms with Crippen LogP contribution in [-0.4, -0.2) is 20.1 Å². The van der Waals surface area contributed by atoms with Gasteiger partial charge in [-0.3, -0.25) is 4.79 Å². The van der Waals surface area contributed by atoms with Crippen LogP contribution in [-0.2, 0) is 4.79 Å². The van der Waals surface area contributed by atoms with Gasteiger partial charge in [0, 0.05) is 27.6 Å². The molecule has 1 amide bonds. The molecule has 3 aromatic carbocycles. The Morgan fingerprint density at radius 1 is 0.880 bits per heavy atom. The summed E-state index contributed by atoms with van der Waals surface area (Å²) in [4.78, 5) is 12.4. The number of carbonyl (C=O) groups excluding carboxylic acids is 1. The van der Waals surface area contributed by atoms with Crippen LogP contribution in [0.15, 0.2) is 54.6 Å². The molecule has 25 heavy (non-hydrogen) atoms. The van der Waals surface area contributed by atoms with Crippen molar-refractivity contribution in [2.75, 3.05) is 19.5 Å². The zero-order chi connectivity index (χ0) is 17.4. The molecule has 0 spiro atoms. The molecule has 1 heterocycles. The number of amides is 1. The maximum atomic E-state index is 12.4. The van der Waals surface area contributed by atoms with Gasteiger partial charge in [0.25, 0.3) is 5.91 Å².